The number of hydrogen-bond acceptors (Lipinski definition) is 4. The Balaban J connectivity index is 1.17. The number of fused-ring (bicyclic) bond motifs is 1. The molecule has 1 aliphatic carbocycles. The third-order valence-electron chi connectivity index (χ3n) is 7.69. The van der Waals surface area contributed by atoms with E-state index in [0.717, 1.165) is 47.1 Å². The van der Waals surface area contributed by atoms with E-state index < -0.39 is 18.0 Å². The average Bonchev–Trinajstić information content (AvgIpc) is 3.61. The predicted octanol–water partition coefficient (Wildman–Crippen LogP) is 6.16. The van der Waals surface area contributed by atoms with Gasteiger partial charge in [-0.2, -0.15) is 0 Å². The SMILES string of the molecule is O=C(NC1CCC(Cn2c(=O)n(-c3ccc(-c4ncc[nH]4)cc3)c3ccccc32)CC1)c1cc(Cl)cnc1C(F)F. The number of aromatic nitrogens is 5. The Kier molecular flexibility index (Phi) is 7.40. The van der Waals surface area contributed by atoms with Crippen molar-refractivity contribution in [2.24, 2.45) is 5.92 Å². The molecule has 5 aromatic rings. The molecular weight excluding hydrogens is 550 g/mol. The third-order valence-corrected chi connectivity index (χ3v) is 7.90. The van der Waals surface area contributed by atoms with Crippen LogP contribution in [0.5, 0.6) is 0 Å². The van der Waals surface area contributed by atoms with Gasteiger partial charge in [0.15, 0.2) is 0 Å². The Morgan fingerprint density at radius 3 is 2.46 bits per heavy atom. The molecule has 1 fully saturated rings. The number of aromatic amines is 1. The first-order chi connectivity index (χ1) is 19.9. The number of amides is 1. The van der Waals surface area contributed by atoms with Crippen LogP contribution < -0.4 is 11.0 Å². The predicted molar refractivity (Wildman–Crippen MR) is 153 cm³/mol. The van der Waals surface area contributed by atoms with Crippen LogP contribution in [0.15, 0.2) is 78.0 Å². The smallest absolute Gasteiger partial charge is 0.333 e. The Hall–Kier alpha value is -4.31. The van der Waals surface area contributed by atoms with Crippen LogP contribution in [0.4, 0.5) is 8.78 Å². The minimum absolute atomic E-state index is 0.111. The molecule has 3 aromatic heterocycles. The first-order valence-electron chi connectivity index (χ1n) is 13.4. The molecule has 3 heterocycles. The number of pyridine rings is 1. The van der Waals surface area contributed by atoms with Gasteiger partial charge in [0.2, 0.25) is 0 Å². The minimum Gasteiger partial charge on any atom is -0.349 e. The summed E-state index contributed by atoms with van der Waals surface area (Å²) in [5, 5.41) is 3.00. The fraction of sp³-hybridized carbons (Fsp3) is 0.267. The highest BCUT2D eigenvalue weighted by Gasteiger charge is 2.27. The number of nitrogens with one attached hydrogen (secondary N) is 2. The molecule has 2 aromatic carbocycles. The molecule has 1 amide bonds. The molecule has 0 bridgehead atoms. The topological polar surface area (TPSA) is 97.6 Å². The van der Waals surface area contributed by atoms with E-state index in [1.807, 2.05) is 53.1 Å². The summed E-state index contributed by atoms with van der Waals surface area (Å²) >= 11 is 5.91. The number of para-hydroxylation sites is 2. The molecule has 41 heavy (non-hydrogen) atoms. The molecule has 0 spiro atoms. The lowest BCUT2D eigenvalue weighted by atomic mass is 9.85. The lowest BCUT2D eigenvalue weighted by Gasteiger charge is -2.29. The number of imidazole rings is 2. The quantitative estimate of drug-likeness (QED) is 0.242. The van der Waals surface area contributed by atoms with Crippen molar-refractivity contribution in [3.63, 3.8) is 0 Å². The molecule has 6 rings (SSSR count). The number of benzene rings is 2. The van der Waals surface area contributed by atoms with Crippen molar-refractivity contribution in [2.75, 3.05) is 0 Å². The van der Waals surface area contributed by atoms with E-state index in [-0.39, 0.29) is 28.2 Å². The minimum atomic E-state index is -2.88. The summed E-state index contributed by atoms with van der Waals surface area (Å²) in [4.78, 5) is 37.5. The second-order valence-electron chi connectivity index (χ2n) is 10.3. The maximum absolute atomic E-state index is 13.7. The first kappa shape index (κ1) is 26.9. The summed E-state index contributed by atoms with van der Waals surface area (Å²) in [5.41, 5.74) is 2.49. The van der Waals surface area contributed by atoms with Crippen LogP contribution in [0.25, 0.3) is 28.1 Å². The summed E-state index contributed by atoms with van der Waals surface area (Å²) in [5.74, 6) is 0.388. The zero-order valence-corrected chi connectivity index (χ0v) is 22.7. The Morgan fingerprint density at radius 1 is 1.05 bits per heavy atom. The van der Waals surface area contributed by atoms with Crippen LogP contribution in [0.2, 0.25) is 5.02 Å². The van der Waals surface area contributed by atoms with E-state index in [2.05, 4.69) is 20.3 Å². The van der Waals surface area contributed by atoms with Gasteiger partial charge in [0, 0.05) is 36.7 Å². The van der Waals surface area contributed by atoms with Gasteiger partial charge < -0.3 is 10.3 Å². The van der Waals surface area contributed by atoms with E-state index in [0.29, 0.717) is 19.4 Å². The van der Waals surface area contributed by atoms with E-state index >= 15 is 0 Å². The number of hydrogen-bond donors (Lipinski definition) is 2. The van der Waals surface area contributed by atoms with Crippen LogP contribution in [0.3, 0.4) is 0 Å². The van der Waals surface area contributed by atoms with Crippen molar-refractivity contribution >= 4 is 28.5 Å². The lowest BCUT2D eigenvalue weighted by molar-refractivity contribution is 0.0904. The molecule has 0 aliphatic heterocycles. The van der Waals surface area contributed by atoms with Crippen molar-refractivity contribution in [3.05, 3.63) is 100.0 Å². The molecule has 0 atom stereocenters. The van der Waals surface area contributed by atoms with Gasteiger partial charge in [0.25, 0.3) is 12.3 Å². The lowest BCUT2D eigenvalue weighted by Crippen LogP contribution is -2.39. The maximum Gasteiger partial charge on any atom is 0.333 e. The van der Waals surface area contributed by atoms with E-state index in [9.17, 15) is 18.4 Å². The zero-order valence-electron chi connectivity index (χ0n) is 21.9. The number of halogens is 3. The van der Waals surface area contributed by atoms with Gasteiger partial charge >= 0.3 is 5.69 Å². The number of rotatable bonds is 7. The van der Waals surface area contributed by atoms with Crippen LogP contribution >= 0.6 is 11.6 Å². The highest BCUT2D eigenvalue weighted by Crippen LogP contribution is 2.29. The zero-order chi connectivity index (χ0) is 28.5. The van der Waals surface area contributed by atoms with E-state index in [1.54, 1.807) is 17.0 Å². The average molecular weight is 577 g/mol. The Bertz CT molecular complexity index is 1740. The first-order valence-corrected chi connectivity index (χ1v) is 13.8. The van der Waals surface area contributed by atoms with Gasteiger partial charge in [0.05, 0.1) is 27.3 Å². The molecule has 8 nitrogen and oxygen atoms in total. The maximum atomic E-state index is 13.7. The molecule has 0 unspecified atom stereocenters. The highest BCUT2D eigenvalue weighted by atomic mass is 35.5. The van der Waals surface area contributed by atoms with Gasteiger partial charge in [-0.3, -0.25) is 18.9 Å². The molecular formula is C30H27ClF2N6O2. The van der Waals surface area contributed by atoms with Gasteiger partial charge in [0.1, 0.15) is 11.5 Å². The van der Waals surface area contributed by atoms with Crippen molar-refractivity contribution in [2.45, 2.75) is 44.7 Å². The Morgan fingerprint density at radius 2 is 1.78 bits per heavy atom. The van der Waals surface area contributed by atoms with Gasteiger partial charge in [-0.05, 0) is 74.1 Å². The number of carbonyl (C=O) groups is 1. The van der Waals surface area contributed by atoms with Crippen molar-refractivity contribution in [3.8, 4) is 17.1 Å². The normalized spacial score (nSPS) is 17.3. The summed E-state index contributed by atoms with van der Waals surface area (Å²) in [6.45, 7) is 0.547. The van der Waals surface area contributed by atoms with Crippen LogP contribution in [0, 0.1) is 5.92 Å². The second-order valence-corrected chi connectivity index (χ2v) is 10.7. The van der Waals surface area contributed by atoms with Gasteiger partial charge in [-0.1, -0.05) is 23.7 Å². The molecule has 11 heteroatoms. The molecule has 2 N–H and O–H groups in total. The van der Waals surface area contributed by atoms with Crippen LogP contribution in [-0.2, 0) is 6.54 Å². The number of alkyl halides is 2. The summed E-state index contributed by atoms with van der Waals surface area (Å²) in [6, 6.07) is 16.5. The van der Waals surface area contributed by atoms with Gasteiger partial charge in [-0.15, -0.1) is 0 Å². The summed E-state index contributed by atoms with van der Waals surface area (Å²) in [6.07, 6.45) is 4.62. The van der Waals surface area contributed by atoms with E-state index in [1.165, 1.54) is 6.07 Å². The molecule has 1 saturated carbocycles. The largest absolute Gasteiger partial charge is 0.349 e. The fourth-order valence-electron chi connectivity index (χ4n) is 5.64. The van der Waals surface area contributed by atoms with E-state index in [4.69, 9.17) is 11.6 Å². The molecule has 1 aliphatic rings. The number of H-pyrrole nitrogens is 1. The fourth-order valence-corrected chi connectivity index (χ4v) is 5.80. The number of nitrogens with zero attached hydrogens (tertiary/aromatic N) is 4. The van der Waals surface area contributed by atoms with Crippen LogP contribution in [-0.4, -0.2) is 36.0 Å². The van der Waals surface area contributed by atoms with Crippen molar-refractivity contribution in [1.29, 1.82) is 0 Å². The molecule has 0 saturated heterocycles. The molecule has 210 valence electrons. The van der Waals surface area contributed by atoms with Crippen molar-refractivity contribution in [1.82, 2.24) is 29.4 Å². The number of carbonyl (C=O) groups excluding carboxylic acids is 1. The van der Waals surface area contributed by atoms with Crippen molar-refractivity contribution < 1.29 is 13.6 Å². The summed E-state index contributed by atoms with van der Waals surface area (Å²) < 4.78 is 30.3. The monoisotopic (exact) mass is 576 g/mol. The standard InChI is InChI=1S/C30H27ClF2N6O2/c31-20-15-23(26(27(32)33)36-16-20)29(40)37-21-9-5-18(6-10-21)17-38-24-3-1-2-4-25(24)39(30(38)41)22-11-7-19(8-12-22)28-34-13-14-35-28/h1-4,7-8,11-16,18,21,27H,5-6,9-10,17H2,(H,34,35)(H,37,40). The molecule has 0 radical (unpaired) electrons. The van der Waals surface area contributed by atoms with Gasteiger partial charge in [-0.25, -0.2) is 18.6 Å². The van der Waals surface area contributed by atoms with Crippen LogP contribution in [0.1, 0.15) is 48.2 Å². The Labute approximate surface area is 239 Å². The third kappa shape index (κ3) is 5.39. The highest BCUT2D eigenvalue weighted by molar-refractivity contribution is 6.30. The second kappa shape index (κ2) is 11.3. The summed E-state index contributed by atoms with van der Waals surface area (Å²) in [7, 11) is 0.